The monoisotopic (exact) mass is 288 g/mol. The van der Waals surface area contributed by atoms with Crippen molar-refractivity contribution in [2.45, 2.75) is 39.2 Å². The second kappa shape index (κ2) is 7.71. The van der Waals surface area contributed by atoms with Crippen molar-refractivity contribution in [3.8, 4) is 0 Å². The fourth-order valence-electron chi connectivity index (χ4n) is 3.15. The molecule has 0 aromatic heterocycles. The second-order valence-electron chi connectivity index (χ2n) is 6.23. The average Bonchev–Trinajstić information content (AvgIpc) is 2.92. The Kier molecular flexibility index (Phi) is 5.95. The van der Waals surface area contributed by atoms with Gasteiger partial charge in [0.2, 0.25) is 0 Å². The Labute approximate surface area is 128 Å². The molecule has 1 aliphatic heterocycles. The summed E-state index contributed by atoms with van der Waals surface area (Å²) in [5.74, 6) is 0.251. The van der Waals surface area contributed by atoms with Crippen molar-refractivity contribution < 1.29 is 4.79 Å². The number of hydrogen-bond acceptors (Lipinski definition) is 3. The normalized spacial score (nSPS) is 19.3. The first-order valence-corrected chi connectivity index (χ1v) is 8.12. The fraction of sp³-hybridized carbons (Fsp3) is 0.611. The molecule has 0 aliphatic carbocycles. The van der Waals surface area contributed by atoms with Gasteiger partial charge in [0.05, 0.1) is 0 Å². The van der Waals surface area contributed by atoms with Crippen molar-refractivity contribution in [3.05, 3.63) is 35.4 Å². The van der Waals surface area contributed by atoms with Crippen molar-refractivity contribution in [2.24, 2.45) is 0 Å². The lowest BCUT2D eigenvalue weighted by molar-refractivity contribution is 0.0963. The molecule has 1 atom stereocenters. The summed E-state index contributed by atoms with van der Waals surface area (Å²) in [6.45, 7) is 8.58. The molecule has 1 heterocycles. The molecule has 116 valence electrons. The van der Waals surface area contributed by atoms with Crippen LogP contribution in [0.5, 0.6) is 0 Å². The van der Waals surface area contributed by atoms with E-state index >= 15 is 0 Å². The predicted molar refractivity (Wildman–Crippen MR) is 87.9 cm³/mol. The lowest BCUT2D eigenvalue weighted by Gasteiger charge is -2.27. The van der Waals surface area contributed by atoms with E-state index in [0.717, 1.165) is 25.2 Å². The van der Waals surface area contributed by atoms with Crippen molar-refractivity contribution in [1.82, 2.24) is 9.80 Å². The Balaban J connectivity index is 1.77. The molecule has 3 nitrogen and oxygen atoms in total. The number of ketones is 1. The van der Waals surface area contributed by atoms with Gasteiger partial charge >= 0.3 is 0 Å². The zero-order chi connectivity index (χ0) is 15.2. The summed E-state index contributed by atoms with van der Waals surface area (Å²) in [5, 5.41) is 0. The summed E-state index contributed by atoms with van der Waals surface area (Å²) < 4.78 is 0. The summed E-state index contributed by atoms with van der Waals surface area (Å²) in [7, 11) is 2.13. The Morgan fingerprint density at radius 2 is 2.05 bits per heavy atom. The summed E-state index contributed by atoms with van der Waals surface area (Å²) in [6, 6.07) is 8.57. The summed E-state index contributed by atoms with van der Waals surface area (Å²) >= 11 is 0. The summed E-state index contributed by atoms with van der Waals surface area (Å²) in [5.41, 5.74) is 2.04. The zero-order valence-corrected chi connectivity index (χ0v) is 13.6. The van der Waals surface area contributed by atoms with Crippen LogP contribution in [0.1, 0.15) is 42.1 Å². The second-order valence-corrected chi connectivity index (χ2v) is 6.23. The minimum Gasteiger partial charge on any atom is -0.304 e. The average molecular weight is 288 g/mol. The molecule has 0 radical (unpaired) electrons. The van der Waals surface area contributed by atoms with Crippen molar-refractivity contribution in [3.63, 3.8) is 0 Å². The Morgan fingerprint density at radius 1 is 1.33 bits per heavy atom. The van der Waals surface area contributed by atoms with E-state index in [1.54, 1.807) is 0 Å². The molecule has 1 unspecified atom stereocenters. The summed E-state index contributed by atoms with van der Waals surface area (Å²) in [4.78, 5) is 17.0. The molecule has 3 heteroatoms. The van der Waals surface area contributed by atoms with E-state index in [1.165, 1.54) is 24.9 Å². The third-order valence-corrected chi connectivity index (χ3v) is 4.52. The molecule has 1 aromatic rings. The number of hydrogen-bond donors (Lipinski definition) is 0. The van der Waals surface area contributed by atoms with Gasteiger partial charge in [0.1, 0.15) is 0 Å². The number of aryl methyl sites for hydroxylation is 1. The molecule has 1 aromatic carbocycles. The van der Waals surface area contributed by atoms with Gasteiger partial charge in [0, 0.05) is 31.1 Å². The Bertz CT molecular complexity index is 455. The number of Topliss-reactive ketones (excluding diaryl/α,β-unsaturated/α-hetero) is 1. The van der Waals surface area contributed by atoms with Crippen molar-refractivity contribution >= 4 is 5.78 Å². The molecule has 21 heavy (non-hydrogen) atoms. The first kappa shape index (κ1) is 16.2. The smallest absolute Gasteiger partial charge is 0.164 e. The van der Waals surface area contributed by atoms with Crippen LogP contribution in [0.3, 0.4) is 0 Å². The number of likely N-dealkylation sites (tertiary alicyclic amines) is 1. The minimum atomic E-state index is 0.251. The highest BCUT2D eigenvalue weighted by Crippen LogP contribution is 2.17. The molecular weight excluding hydrogens is 260 g/mol. The number of rotatable bonds is 7. The maximum atomic E-state index is 12.2. The molecular formula is C18H28N2O. The highest BCUT2D eigenvalue weighted by molar-refractivity contribution is 5.96. The number of benzene rings is 1. The largest absolute Gasteiger partial charge is 0.304 e. The highest BCUT2D eigenvalue weighted by Gasteiger charge is 2.23. The van der Waals surface area contributed by atoms with E-state index < -0.39 is 0 Å². The fourth-order valence-corrected chi connectivity index (χ4v) is 3.15. The van der Waals surface area contributed by atoms with E-state index in [-0.39, 0.29) is 5.78 Å². The molecule has 1 fully saturated rings. The van der Waals surface area contributed by atoms with Crippen LogP contribution in [0, 0.1) is 6.92 Å². The number of nitrogens with zero attached hydrogens (tertiary/aromatic N) is 2. The molecule has 2 rings (SSSR count). The van der Waals surface area contributed by atoms with Crippen LogP contribution in [-0.2, 0) is 0 Å². The van der Waals surface area contributed by atoms with Crippen LogP contribution < -0.4 is 0 Å². The maximum absolute atomic E-state index is 12.2. The SMILES string of the molecule is CCN1CCCC1CN(C)CCC(=O)c1ccc(C)cc1. The zero-order valence-electron chi connectivity index (χ0n) is 13.6. The third-order valence-electron chi connectivity index (χ3n) is 4.52. The molecule has 1 saturated heterocycles. The summed E-state index contributed by atoms with van der Waals surface area (Å²) in [6.07, 6.45) is 3.22. The van der Waals surface area contributed by atoms with Crippen LogP contribution >= 0.6 is 0 Å². The van der Waals surface area contributed by atoms with Gasteiger partial charge < -0.3 is 4.90 Å². The highest BCUT2D eigenvalue weighted by atomic mass is 16.1. The van der Waals surface area contributed by atoms with Crippen LogP contribution in [0.15, 0.2) is 24.3 Å². The van der Waals surface area contributed by atoms with E-state index in [1.807, 2.05) is 31.2 Å². The van der Waals surface area contributed by atoms with E-state index in [2.05, 4.69) is 23.8 Å². The Morgan fingerprint density at radius 3 is 2.71 bits per heavy atom. The first-order valence-electron chi connectivity index (χ1n) is 8.12. The van der Waals surface area contributed by atoms with Gasteiger partial charge in [-0.3, -0.25) is 9.69 Å². The molecule has 0 N–H and O–H groups in total. The van der Waals surface area contributed by atoms with Crippen LogP contribution in [0.4, 0.5) is 0 Å². The van der Waals surface area contributed by atoms with Crippen molar-refractivity contribution in [2.75, 3.05) is 33.2 Å². The topological polar surface area (TPSA) is 23.6 Å². The van der Waals surface area contributed by atoms with Gasteiger partial charge in [-0.25, -0.2) is 0 Å². The number of likely N-dealkylation sites (N-methyl/N-ethyl adjacent to an activating group) is 2. The maximum Gasteiger partial charge on any atom is 0.164 e. The molecule has 0 saturated carbocycles. The van der Waals surface area contributed by atoms with E-state index in [9.17, 15) is 4.79 Å². The van der Waals surface area contributed by atoms with Gasteiger partial charge in [-0.05, 0) is 39.9 Å². The van der Waals surface area contributed by atoms with E-state index in [4.69, 9.17) is 0 Å². The van der Waals surface area contributed by atoms with Gasteiger partial charge in [0.25, 0.3) is 0 Å². The van der Waals surface area contributed by atoms with Gasteiger partial charge in [0.15, 0.2) is 5.78 Å². The van der Waals surface area contributed by atoms with Gasteiger partial charge in [-0.1, -0.05) is 36.8 Å². The van der Waals surface area contributed by atoms with Gasteiger partial charge in [-0.2, -0.15) is 0 Å². The Hall–Kier alpha value is -1.19. The predicted octanol–water partition coefficient (Wildman–Crippen LogP) is 2.98. The quantitative estimate of drug-likeness (QED) is 0.721. The lowest BCUT2D eigenvalue weighted by atomic mass is 10.1. The molecule has 0 amide bonds. The lowest BCUT2D eigenvalue weighted by Crippen LogP contribution is -2.39. The molecule has 0 bridgehead atoms. The van der Waals surface area contributed by atoms with Crippen molar-refractivity contribution in [1.29, 1.82) is 0 Å². The number of carbonyl (C=O) groups is 1. The minimum absolute atomic E-state index is 0.251. The van der Waals surface area contributed by atoms with Crippen LogP contribution in [0.25, 0.3) is 0 Å². The third kappa shape index (κ3) is 4.65. The molecule has 1 aliphatic rings. The standard InChI is InChI=1S/C18H28N2O/c1-4-20-12-5-6-17(20)14-19(3)13-11-18(21)16-9-7-15(2)8-10-16/h7-10,17H,4-6,11-14H2,1-3H3. The first-order chi connectivity index (χ1) is 10.1. The van der Waals surface area contributed by atoms with Crippen LogP contribution in [-0.4, -0.2) is 54.9 Å². The number of carbonyl (C=O) groups excluding carboxylic acids is 1. The van der Waals surface area contributed by atoms with Crippen LogP contribution in [0.2, 0.25) is 0 Å². The van der Waals surface area contributed by atoms with E-state index in [0.29, 0.717) is 12.5 Å². The van der Waals surface area contributed by atoms with Gasteiger partial charge in [-0.15, -0.1) is 0 Å². The molecule has 0 spiro atoms.